The van der Waals surface area contributed by atoms with Gasteiger partial charge in [0.15, 0.2) is 18.1 Å². The zero-order chi connectivity index (χ0) is 17.1. The predicted octanol–water partition coefficient (Wildman–Crippen LogP) is 3.61. The van der Waals surface area contributed by atoms with Crippen molar-refractivity contribution in [1.29, 1.82) is 0 Å². The van der Waals surface area contributed by atoms with Gasteiger partial charge >= 0.3 is 0 Å². The van der Waals surface area contributed by atoms with Crippen LogP contribution in [0.2, 0.25) is 0 Å². The molecule has 2 heterocycles. The molecular weight excluding hydrogens is 316 g/mol. The molecule has 0 bridgehead atoms. The van der Waals surface area contributed by atoms with Gasteiger partial charge in [-0.05, 0) is 37.1 Å². The average Bonchev–Trinajstić information content (AvgIpc) is 3.11. The van der Waals surface area contributed by atoms with Gasteiger partial charge in [-0.3, -0.25) is 4.79 Å². The lowest BCUT2D eigenvalue weighted by Crippen LogP contribution is -2.40. The van der Waals surface area contributed by atoms with Gasteiger partial charge in [0.2, 0.25) is 0 Å². The van der Waals surface area contributed by atoms with E-state index in [1.807, 2.05) is 59.5 Å². The van der Waals surface area contributed by atoms with E-state index in [9.17, 15) is 4.79 Å². The Kier molecular flexibility index (Phi) is 4.37. The van der Waals surface area contributed by atoms with Crippen molar-refractivity contribution in [3.8, 4) is 5.75 Å². The van der Waals surface area contributed by atoms with Gasteiger partial charge in [-0.25, -0.2) is 4.98 Å². The van der Waals surface area contributed by atoms with Crippen molar-refractivity contribution in [2.45, 2.75) is 18.8 Å². The number of oxazole rings is 1. The number of likely N-dealkylation sites (tertiary alicyclic amines) is 1. The van der Waals surface area contributed by atoms with E-state index in [0.29, 0.717) is 13.1 Å². The van der Waals surface area contributed by atoms with E-state index in [-0.39, 0.29) is 18.4 Å². The summed E-state index contributed by atoms with van der Waals surface area (Å²) in [6.07, 6.45) is 1.73. The quantitative estimate of drug-likeness (QED) is 0.730. The van der Waals surface area contributed by atoms with Crippen molar-refractivity contribution in [3.63, 3.8) is 0 Å². The number of nitrogens with zero attached hydrogens (tertiary/aromatic N) is 2. The van der Waals surface area contributed by atoms with Crippen LogP contribution in [0.5, 0.6) is 5.75 Å². The summed E-state index contributed by atoms with van der Waals surface area (Å²) in [6.45, 7) is 1.50. The lowest BCUT2D eigenvalue weighted by molar-refractivity contribution is -0.134. The molecule has 0 unspecified atom stereocenters. The third-order valence-corrected chi connectivity index (χ3v) is 4.61. The Morgan fingerprint density at radius 3 is 2.56 bits per heavy atom. The molecule has 128 valence electrons. The van der Waals surface area contributed by atoms with Crippen LogP contribution in [-0.4, -0.2) is 35.5 Å². The summed E-state index contributed by atoms with van der Waals surface area (Å²) in [5.41, 5.74) is 1.72. The summed E-state index contributed by atoms with van der Waals surface area (Å²) in [5.74, 6) is 1.80. The molecule has 2 aromatic carbocycles. The number of hydrogen-bond acceptors (Lipinski definition) is 4. The monoisotopic (exact) mass is 336 g/mol. The third kappa shape index (κ3) is 3.50. The number of carbonyl (C=O) groups excluding carboxylic acids is 1. The first-order chi connectivity index (χ1) is 12.3. The summed E-state index contributed by atoms with van der Waals surface area (Å²) >= 11 is 0. The third-order valence-electron chi connectivity index (χ3n) is 4.61. The smallest absolute Gasteiger partial charge is 0.260 e. The number of fused-ring (bicyclic) bond motifs is 1. The molecule has 0 radical (unpaired) electrons. The second-order valence-corrected chi connectivity index (χ2v) is 6.28. The minimum absolute atomic E-state index is 0.0277. The number of amides is 1. The van der Waals surface area contributed by atoms with E-state index in [1.54, 1.807) is 0 Å². The molecule has 0 atom stereocenters. The van der Waals surface area contributed by atoms with E-state index >= 15 is 0 Å². The van der Waals surface area contributed by atoms with Gasteiger partial charge in [-0.1, -0.05) is 30.3 Å². The molecule has 1 aliphatic rings. The van der Waals surface area contributed by atoms with Crippen LogP contribution in [0.1, 0.15) is 24.7 Å². The molecular formula is C20H20N2O3. The van der Waals surface area contributed by atoms with Gasteiger partial charge in [0.05, 0.1) is 0 Å². The Bertz CT molecular complexity index is 819. The van der Waals surface area contributed by atoms with Gasteiger partial charge in [0.1, 0.15) is 11.3 Å². The largest absolute Gasteiger partial charge is 0.484 e. The number of aromatic nitrogens is 1. The van der Waals surface area contributed by atoms with Gasteiger partial charge in [0.25, 0.3) is 5.91 Å². The van der Waals surface area contributed by atoms with Crippen molar-refractivity contribution in [1.82, 2.24) is 9.88 Å². The number of piperidine rings is 1. The maximum absolute atomic E-state index is 12.3. The first kappa shape index (κ1) is 15.7. The molecule has 5 heteroatoms. The predicted molar refractivity (Wildman–Crippen MR) is 94.5 cm³/mol. The maximum Gasteiger partial charge on any atom is 0.260 e. The molecule has 1 aromatic heterocycles. The molecule has 0 saturated carbocycles. The Balaban J connectivity index is 1.32. The van der Waals surface area contributed by atoms with Gasteiger partial charge in [0, 0.05) is 19.0 Å². The van der Waals surface area contributed by atoms with E-state index in [1.165, 1.54) is 0 Å². The second kappa shape index (κ2) is 6.97. The fourth-order valence-electron chi connectivity index (χ4n) is 3.19. The minimum atomic E-state index is 0.0277. The summed E-state index contributed by atoms with van der Waals surface area (Å²) in [6, 6.07) is 17.2. The van der Waals surface area contributed by atoms with E-state index in [0.717, 1.165) is 35.6 Å². The number of ether oxygens (including phenoxy) is 1. The summed E-state index contributed by atoms with van der Waals surface area (Å²) in [4.78, 5) is 18.8. The number of benzene rings is 2. The van der Waals surface area contributed by atoms with Crippen molar-refractivity contribution >= 4 is 17.0 Å². The van der Waals surface area contributed by atoms with Crippen LogP contribution in [0.15, 0.2) is 59.0 Å². The maximum atomic E-state index is 12.3. The topological polar surface area (TPSA) is 55.6 Å². The summed E-state index contributed by atoms with van der Waals surface area (Å²) < 4.78 is 11.4. The van der Waals surface area contributed by atoms with Crippen LogP contribution in [0, 0.1) is 0 Å². The highest BCUT2D eigenvalue weighted by Crippen LogP contribution is 2.29. The minimum Gasteiger partial charge on any atom is -0.484 e. The molecule has 0 spiro atoms. The van der Waals surface area contributed by atoms with Crippen LogP contribution in [0.3, 0.4) is 0 Å². The Labute approximate surface area is 146 Å². The summed E-state index contributed by atoms with van der Waals surface area (Å²) in [5, 5.41) is 0. The van der Waals surface area contributed by atoms with Gasteiger partial charge < -0.3 is 14.1 Å². The Morgan fingerprint density at radius 2 is 1.80 bits per heavy atom. The van der Waals surface area contributed by atoms with Crippen LogP contribution in [-0.2, 0) is 4.79 Å². The zero-order valence-corrected chi connectivity index (χ0v) is 13.9. The number of hydrogen-bond donors (Lipinski definition) is 0. The molecule has 1 amide bonds. The zero-order valence-electron chi connectivity index (χ0n) is 13.9. The fourth-order valence-corrected chi connectivity index (χ4v) is 3.19. The average molecular weight is 336 g/mol. The van der Waals surface area contributed by atoms with E-state index < -0.39 is 0 Å². The lowest BCUT2D eigenvalue weighted by atomic mass is 9.97. The molecule has 0 aliphatic carbocycles. The number of rotatable bonds is 4. The highest BCUT2D eigenvalue weighted by molar-refractivity contribution is 5.78. The first-order valence-corrected chi connectivity index (χ1v) is 8.61. The number of para-hydroxylation sites is 3. The Morgan fingerprint density at radius 1 is 1.08 bits per heavy atom. The standard InChI is InChI=1S/C20H20N2O3/c23-19(14-24-16-6-2-1-3-7-16)22-12-10-15(11-13-22)20-21-17-8-4-5-9-18(17)25-20/h1-9,15H,10-14H2. The van der Waals surface area contributed by atoms with Crippen molar-refractivity contribution < 1.29 is 13.9 Å². The van der Waals surface area contributed by atoms with Crippen LogP contribution in [0.4, 0.5) is 0 Å². The van der Waals surface area contributed by atoms with Crippen molar-refractivity contribution in [2.75, 3.05) is 19.7 Å². The fraction of sp³-hybridized carbons (Fsp3) is 0.300. The molecule has 1 saturated heterocycles. The second-order valence-electron chi connectivity index (χ2n) is 6.28. The van der Waals surface area contributed by atoms with Crippen molar-refractivity contribution in [3.05, 3.63) is 60.5 Å². The lowest BCUT2D eigenvalue weighted by Gasteiger charge is -2.30. The molecule has 3 aromatic rings. The van der Waals surface area contributed by atoms with Gasteiger partial charge in [-0.2, -0.15) is 0 Å². The molecule has 4 rings (SSSR count). The van der Waals surface area contributed by atoms with Crippen molar-refractivity contribution in [2.24, 2.45) is 0 Å². The van der Waals surface area contributed by atoms with Crippen LogP contribution >= 0.6 is 0 Å². The summed E-state index contributed by atoms with van der Waals surface area (Å²) in [7, 11) is 0. The SMILES string of the molecule is O=C(COc1ccccc1)N1CCC(c2nc3ccccc3o2)CC1. The van der Waals surface area contributed by atoms with E-state index in [2.05, 4.69) is 4.98 Å². The molecule has 1 aliphatic heterocycles. The van der Waals surface area contributed by atoms with Gasteiger partial charge in [-0.15, -0.1) is 0 Å². The normalized spacial score (nSPS) is 15.4. The Hall–Kier alpha value is -2.82. The highest BCUT2D eigenvalue weighted by Gasteiger charge is 2.27. The molecule has 1 fully saturated rings. The highest BCUT2D eigenvalue weighted by atomic mass is 16.5. The van der Waals surface area contributed by atoms with E-state index in [4.69, 9.17) is 9.15 Å². The number of carbonyl (C=O) groups is 1. The van der Waals surface area contributed by atoms with Crippen LogP contribution < -0.4 is 4.74 Å². The molecule has 25 heavy (non-hydrogen) atoms. The first-order valence-electron chi connectivity index (χ1n) is 8.61. The molecule has 0 N–H and O–H groups in total. The molecule has 5 nitrogen and oxygen atoms in total. The van der Waals surface area contributed by atoms with Crippen LogP contribution in [0.25, 0.3) is 11.1 Å².